The van der Waals surface area contributed by atoms with Crippen LogP contribution >= 0.6 is 11.6 Å². The molecule has 0 saturated carbocycles. The summed E-state index contributed by atoms with van der Waals surface area (Å²) in [6.45, 7) is 2.82. The average molecular weight is 283 g/mol. The topological polar surface area (TPSA) is 55.9 Å². The highest BCUT2D eigenvalue weighted by Gasteiger charge is 2.17. The van der Waals surface area contributed by atoms with Crippen LogP contribution < -0.4 is 11.3 Å². The van der Waals surface area contributed by atoms with Gasteiger partial charge >= 0.3 is 0 Å². The van der Waals surface area contributed by atoms with Crippen molar-refractivity contribution in [3.63, 3.8) is 0 Å². The normalized spacial score (nSPS) is 12.6. The number of nitrogens with zero attached hydrogens (tertiary/aromatic N) is 2. The quantitative estimate of drug-likeness (QED) is 0.654. The largest absolute Gasteiger partial charge is 0.273 e. The van der Waals surface area contributed by atoms with Crippen molar-refractivity contribution in [3.05, 3.63) is 52.6 Å². The molecule has 0 aliphatic rings. The lowest BCUT2D eigenvalue weighted by molar-refractivity contribution is 0.544. The molecule has 0 fully saturated rings. The van der Waals surface area contributed by atoms with Gasteiger partial charge in [0.05, 0.1) is 17.3 Å². The van der Waals surface area contributed by atoms with E-state index in [9.17, 15) is 4.39 Å². The average Bonchev–Trinajstić information content (AvgIpc) is 2.87. The minimum absolute atomic E-state index is 0.105. The highest BCUT2D eigenvalue weighted by atomic mass is 35.5. The molecule has 0 saturated heterocycles. The summed E-state index contributed by atoms with van der Waals surface area (Å²) in [6, 6.07) is 4.46. The van der Waals surface area contributed by atoms with Gasteiger partial charge in [-0.25, -0.2) is 4.39 Å². The van der Waals surface area contributed by atoms with Crippen LogP contribution in [0.25, 0.3) is 0 Å². The molecule has 2 rings (SSSR count). The van der Waals surface area contributed by atoms with Crippen molar-refractivity contribution in [3.8, 4) is 0 Å². The van der Waals surface area contributed by atoms with Crippen LogP contribution in [0.5, 0.6) is 0 Å². The van der Waals surface area contributed by atoms with Crippen molar-refractivity contribution >= 4 is 11.6 Å². The summed E-state index contributed by atoms with van der Waals surface area (Å²) in [5.41, 5.74) is 4.34. The van der Waals surface area contributed by atoms with Gasteiger partial charge in [-0.1, -0.05) is 23.7 Å². The molecule has 1 unspecified atom stereocenters. The van der Waals surface area contributed by atoms with E-state index < -0.39 is 5.82 Å². The molecule has 6 heteroatoms. The molecule has 0 radical (unpaired) electrons. The molecular weight excluding hydrogens is 267 g/mol. The molecule has 19 heavy (non-hydrogen) atoms. The van der Waals surface area contributed by atoms with E-state index in [0.29, 0.717) is 12.0 Å². The van der Waals surface area contributed by atoms with Crippen LogP contribution in [-0.4, -0.2) is 9.78 Å². The number of nitrogens with two attached hydrogens (primary N) is 1. The van der Waals surface area contributed by atoms with E-state index >= 15 is 0 Å². The van der Waals surface area contributed by atoms with Gasteiger partial charge in [0.25, 0.3) is 0 Å². The zero-order valence-corrected chi connectivity index (χ0v) is 11.4. The minimum atomic E-state index is -0.441. The summed E-state index contributed by atoms with van der Waals surface area (Å²) < 4.78 is 15.3. The molecule has 0 aliphatic heterocycles. The second-order valence-electron chi connectivity index (χ2n) is 4.27. The molecule has 1 atom stereocenters. The van der Waals surface area contributed by atoms with Gasteiger partial charge in [-0.15, -0.1) is 0 Å². The lowest BCUT2D eigenvalue weighted by Crippen LogP contribution is -2.29. The van der Waals surface area contributed by atoms with Crippen molar-refractivity contribution in [1.29, 1.82) is 0 Å². The Morgan fingerprint density at radius 2 is 2.32 bits per heavy atom. The SMILES string of the molecule is CCn1cc(CC(NN)c2cccc(F)c2Cl)cn1. The maximum Gasteiger partial charge on any atom is 0.142 e. The lowest BCUT2D eigenvalue weighted by atomic mass is 10.0. The Morgan fingerprint density at radius 1 is 1.53 bits per heavy atom. The number of halogens is 2. The molecule has 0 aliphatic carbocycles. The second-order valence-corrected chi connectivity index (χ2v) is 4.65. The summed E-state index contributed by atoms with van der Waals surface area (Å²) in [7, 11) is 0. The van der Waals surface area contributed by atoms with Crippen LogP contribution in [0.4, 0.5) is 4.39 Å². The third-order valence-electron chi connectivity index (χ3n) is 3.01. The van der Waals surface area contributed by atoms with Crippen LogP contribution in [0.3, 0.4) is 0 Å². The number of hydrogen-bond donors (Lipinski definition) is 2. The van der Waals surface area contributed by atoms with Gasteiger partial charge in [0.2, 0.25) is 0 Å². The van der Waals surface area contributed by atoms with Crippen LogP contribution in [0, 0.1) is 5.82 Å². The lowest BCUT2D eigenvalue weighted by Gasteiger charge is -2.17. The standard InChI is InChI=1S/C13H16ClFN4/c1-2-19-8-9(7-17-19)6-12(18-16)10-4-3-5-11(15)13(10)14/h3-5,7-8,12,18H,2,6,16H2,1H3. The summed E-state index contributed by atoms with van der Waals surface area (Å²) in [6.07, 6.45) is 4.32. The number of aromatic nitrogens is 2. The molecule has 102 valence electrons. The minimum Gasteiger partial charge on any atom is -0.273 e. The Labute approximate surface area is 116 Å². The fourth-order valence-electron chi connectivity index (χ4n) is 1.97. The summed E-state index contributed by atoms with van der Waals surface area (Å²) in [4.78, 5) is 0. The maximum absolute atomic E-state index is 13.5. The smallest absolute Gasteiger partial charge is 0.142 e. The van der Waals surface area contributed by atoms with E-state index in [4.69, 9.17) is 17.4 Å². The molecule has 1 aromatic heterocycles. The number of hydrogen-bond acceptors (Lipinski definition) is 3. The van der Waals surface area contributed by atoms with Crippen LogP contribution in [0.15, 0.2) is 30.6 Å². The van der Waals surface area contributed by atoms with E-state index in [1.54, 1.807) is 18.3 Å². The van der Waals surface area contributed by atoms with Crippen LogP contribution in [-0.2, 0) is 13.0 Å². The predicted molar refractivity (Wildman–Crippen MR) is 73.1 cm³/mol. The molecular formula is C13H16ClFN4. The molecule has 0 amide bonds. The van der Waals surface area contributed by atoms with Crippen molar-refractivity contribution in [2.75, 3.05) is 0 Å². The summed E-state index contributed by atoms with van der Waals surface area (Å²) >= 11 is 5.97. The van der Waals surface area contributed by atoms with E-state index in [1.807, 2.05) is 17.8 Å². The monoisotopic (exact) mass is 282 g/mol. The zero-order chi connectivity index (χ0) is 13.8. The maximum atomic E-state index is 13.5. The summed E-state index contributed by atoms with van der Waals surface area (Å²) in [5, 5.41) is 4.30. The van der Waals surface area contributed by atoms with Gasteiger partial charge < -0.3 is 0 Å². The van der Waals surface area contributed by atoms with E-state index in [1.165, 1.54) is 6.07 Å². The Morgan fingerprint density at radius 3 is 2.95 bits per heavy atom. The van der Waals surface area contributed by atoms with Gasteiger partial charge in [0.1, 0.15) is 5.82 Å². The predicted octanol–water partition coefficient (Wildman–Crippen LogP) is 2.44. The van der Waals surface area contributed by atoms with Gasteiger partial charge in [0.15, 0.2) is 0 Å². The molecule has 1 aromatic carbocycles. The van der Waals surface area contributed by atoms with Crippen LogP contribution in [0.1, 0.15) is 24.1 Å². The van der Waals surface area contributed by atoms with Crippen molar-refractivity contribution in [2.45, 2.75) is 25.9 Å². The molecule has 4 nitrogen and oxygen atoms in total. The molecule has 2 aromatic rings. The number of nitrogens with one attached hydrogen (secondary N) is 1. The number of aryl methyl sites for hydroxylation is 1. The van der Waals surface area contributed by atoms with Gasteiger partial charge in [0, 0.05) is 12.7 Å². The number of rotatable bonds is 5. The highest BCUT2D eigenvalue weighted by molar-refractivity contribution is 6.31. The first-order chi connectivity index (χ1) is 9.15. The zero-order valence-electron chi connectivity index (χ0n) is 10.6. The Hall–Kier alpha value is -1.43. The number of hydrazine groups is 1. The van der Waals surface area contributed by atoms with Crippen molar-refractivity contribution in [2.24, 2.45) is 5.84 Å². The molecule has 1 heterocycles. The van der Waals surface area contributed by atoms with Crippen molar-refractivity contribution in [1.82, 2.24) is 15.2 Å². The third-order valence-corrected chi connectivity index (χ3v) is 3.41. The first-order valence-corrected chi connectivity index (χ1v) is 6.44. The first-order valence-electron chi connectivity index (χ1n) is 6.07. The van der Waals surface area contributed by atoms with Gasteiger partial charge in [-0.2, -0.15) is 5.10 Å². The molecule has 3 N–H and O–H groups in total. The second kappa shape index (κ2) is 6.14. The molecule has 0 spiro atoms. The third kappa shape index (κ3) is 3.12. The Balaban J connectivity index is 2.22. The van der Waals surface area contributed by atoms with Gasteiger partial charge in [-0.05, 0) is 30.5 Å². The van der Waals surface area contributed by atoms with Crippen molar-refractivity contribution < 1.29 is 4.39 Å². The highest BCUT2D eigenvalue weighted by Crippen LogP contribution is 2.27. The Kier molecular flexibility index (Phi) is 4.52. The van der Waals surface area contributed by atoms with Gasteiger partial charge in [-0.3, -0.25) is 16.0 Å². The fraction of sp³-hybridized carbons (Fsp3) is 0.308. The van der Waals surface area contributed by atoms with E-state index in [0.717, 1.165) is 12.1 Å². The summed E-state index contributed by atoms with van der Waals surface area (Å²) in [5.74, 6) is 5.11. The Bertz CT molecular complexity index is 555. The van der Waals surface area contributed by atoms with Crippen LogP contribution in [0.2, 0.25) is 5.02 Å². The van der Waals surface area contributed by atoms with E-state index in [-0.39, 0.29) is 11.1 Å². The number of benzene rings is 1. The fourth-order valence-corrected chi connectivity index (χ4v) is 2.23. The molecule has 0 bridgehead atoms. The van der Waals surface area contributed by atoms with E-state index in [2.05, 4.69) is 10.5 Å². The first kappa shape index (κ1) is 14.0.